The van der Waals surface area contributed by atoms with Crippen LogP contribution < -0.4 is 10.1 Å². The summed E-state index contributed by atoms with van der Waals surface area (Å²) in [6.07, 6.45) is 0. The summed E-state index contributed by atoms with van der Waals surface area (Å²) < 4.78 is 6.53. The minimum absolute atomic E-state index is 0.0125. The minimum atomic E-state index is -0.640. The van der Waals surface area contributed by atoms with Gasteiger partial charge in [0.25, 0.3) is 5.91 Å². The third-order valence-electron chi connectivity index (χ3n) is 4.04. The molecule has 1 atom stereocenters. The van der Waals surface area contributed by atoms with Crippen LogP contribution in [-0.2, 0) is 16.1 Å². The normalized spacial score (nSPS) is 11.8. The number of nitrogens with one attached hydrogen (secondary N) is 1. The van der Waals surface area contributed by atoms with Gasteiger partial charge in [0.1, 0.15) is 11.8 Å². The summed E-state index contributed by atoms with van der Waals surface area (Å²) in [5, 5.41) is 3.47. The number of carbonyl (C=O) groups excluding carboxylic acids is 2. The second kappa shape index (κ2) is 10.5. The van der Waals surface area contributed by atoms with Crippen LogP contribution in [0.4, 0.5) is 0 Å². The molecule has 2 amide bonds. The molecule has 0 saturated carbocycles. The van der Waals surface area contributed by atoms with Crippen molar-refractivity contribution in [2.45, 2.75) is 39.4 Å². The maximum absolute atomic E-state index is 12.9. The summed E-state index contributed by atoms with van der Waals surface area (Å²) in [6.45, 7) is 5.60. The highest BCUT2D eigenvalue weighted by atomic mass is 79.9. The van der Waals surface area contributed by atoms with E-state index in [9.17, 15) is 9.59 Å². The predicted molar refractivity (Wildman–Crippen MR) is 114 cm³/mol. The fourth-order valence-electron chi connectivity index (χ4n) is 2.53. The van der Waals surface area contributed by atoms with Crippen LogP contribution in [0, 0.1) is 0 Å². The van der Waals surface area contributed by atoms with Crippen LogP contribution in [0.15, 0.2) is 53.0 Å². The lowest BCUT2D eigenvalue weighted by Gasteiger charge is -2.29. The molecule has 28 heavy (non-hydrogen) atoms. The largest absolute Gasteiger partial charge is 0.484 e. The molecule has 0 radical (unpaired) electrons. The highest BCUT2D eigenvalue weighted by Crippen LogP contribution is 2.17. The molecule has 0 aliphatic carbocycles. The van der Waals surface area contributed by atoms with Crippen LogP contribution in [0.3, 0.4) is 0 Å². The monoisotopic (exact) mass is 466 g/mol. The van der Waals surface area contributed by atoms with Gasteiger partial charge in [-0.3, -0.25) is 9.59 Å². The second-order valence-corrected chi connectivity index (χ2v) is 8.08. The molecule has 0 unspecified atom stereocenters. The Morgan fingerprint density at radius 2 is 1.68 bits per heavy atom. The molecule has 1 N–H and O–H groups in total. The van der Waals surface area contributed by atoms with Crippen LogP contribution in [0.5, 0.6) is 5.75 Å². The standard InChI is InChI=1S/C21H24BrClN2O3/c1-14(2)24-21(27)15(3)25(12-16-4-8-18(23)9-5-16)20(26)13-28-19-10-6-17(22)7-11-19/h4-11,14-15H,12-13H2,1-3H3,(H,24,27)/t15-/m0/s1. The Kier molecular flexibility index (Phi) is 8.33. The number of benzene rings is 2. The third-order valence-corrected chi connectivity index (χ3v) is 4.82. The van der Waals surface area contributed by atoms with E-state index >= 15 is 0 Å². The van der Waals surface area contributed by atoms with Gasteiger partial charge in [-0.05, 0) is 62.7 Å². The maximum Gasteiger partial charge on any atom is 0.261 e. The van der Waals surface area contributed by atoms with E-state index in [-0.39, 0.29) is 31.0 Å². The zero-order chi connectivity index (χ0) is 20.7. The molecule has 7 heteroatoms. The lowest BCUT2D eigenvalue weighted by atomic mass is 10.1. The number of ether oxygens (including phenoxy) is 1. The summed E-state index contributed by atoms with van der Waals surface area (Å²) >= 11 is 9.30. The van der Waals surface area contributed by atoms with Crippen molar-refractivity contribution in [3.63, 3.8) is 0 Å². The topological polar surface area (TPSA) is 58.6 Å². The number of hydrogen-bond acceptors (Lipinski definition) is 3. The molecular weight excluding hydrogens is 444 g/mol. The van der Waals surface area contributed by atoms with E-state index in [1.54, 1.807) is 31.2 Å². The Morgan fingerprint density at radius 3 is 2.25 bits per heavy atom. The number of halogens is 2. The van der Waals surface area contributed by atoms with Crippen LogP contribution in [0.25, 0.3) is 0 Å². The molecule has 0 aliphatic heterocycles. The Bertz CT molecular complexity index is 794. The van der Waals surface area contributed by atoms with Crippen molar-refractivity contribution in [1.29, 1.82) is 0 Å². The van der Waals surface area contributed by atoms with Crippen molar-refractivity contribution >= 4 is 39.3 Å². The summed E-state index contributed by atoms with van der Waals surface area (Å²) in [5.41, 5.74) is 0.880. The summed E-state index contributed by atoms with van der Waals surface area (Å²) in [7, 11) is 0. The molecule has 2 rings (SSSR count). The van der Waals surface area contributed by atoms with E-state index in [1.807, 2.05) is 38.1 Å². The highest BCUT2D eigenvalue weighted by Gasteiger charge is 2.26. The molecule has 2 aromatic carbocycles. The zero-order valence-corrected chi connectivity index (χ0v) is 18.5. The highest BCUT2D eigenvalue weighted by molar-refractivity contribution is 9.10. The van der Waals surface area contributed by atoms with Gasteiger partial charge >= 0.3 is 0 Å². The van der Waals surface area contributed by atoms with Crippen LogP contribution in [-0.4, -0.2) is 35.4 Å². The van der Waals surface area contributed by atoms with Crippen LogP contribution in [0.1, 0.15) is 26.3 Å². The molecule has 0 fully saturated rings. The molecule has 0 heterocycles. The van der Waals surface area contributed by atoms with E-state index in [1.165, 1.54) is 4.90 Å². The fourth-order valence-corrected chi connectivity index (χ4v) is 2.92. The van der Waals surface area contributed by atoms with Gasteiger partial charge in [0.05, 0.1) is 0 Å². The number of nitrogens with zero attached hydrogens (tertiary/aromatic N) is 1. The van der Waals surface area contributed by atoms with E-state index in [0.717, 1.165) is 10.0 Å². The van der Waals surface area contributed by atoms with Crippen molar-refractivity contribution in [3.05, 3.63) is 63.6 Å². The molecule has 150 valence electrons. The van der Waals surface area contributed by atoms with Gasteiger partial charge in [-0.2, -0.15) is 0 Å². The molecular formula is C21H24BrClN2O3. The van der Waals surface area contributed by atoms with Gasteiger partial charge in [0, 0.05) is 22.1 Å². The van der Waals surface area contributed by atoms with Crippen molar-refractivity contribution < 1.29 is 14.3 Å². The van der Waals surface area contributed by atoms with Crippen molar-refractivity contribution in [2.24, 2.45) is 0 Å². The lowest BCUT2D eigenvalue weighted by Crippen LogP contribution is -2.50. The average molecular weight is 468 g/mol. The fraction of sp³-hybridized carbons (Fsp3) is 0.333. The first-order valence-electron chi connectivity index (χ1n) is 8.99. The first kappa shape index (κ1) is 22.2. The Balaban J connectivity index is 2.12. The van der Waals surface area contributed by atoms with Crippen molar-refractivity contribution in [3.8, 4) is 5.75 Å². The molecule has 0 bridgehead atoms. The number of amides is 2. The van der Waals surface area contributed by atoms with Gasteiger partial charge in [0.15, 0.2) is 6.61 Å². The number of hydrogen-bond donors (Lipinski definition) is 1. The molecule has 2 aromatic rings. The van der Waals surface area contributed by atoms with E-state index in [4.69, 9.17) is 16.3 Å². The van der Waals surface area contributed by atoms with E-state index in [2.05, 4.69) is 21.2 Å². The average Bonchev–Trinajstić information content (AvgIpc) is 2.65. The maximum atomic E-state index is 12.9. The first-order valence-corrected chi connectivity index (χ1v) is 10.2. The second-order valence-electron chi connectivity index (χ2n) is 6.73. The van der Waals surface area contributed by atoms with Crippen LogP contribution in [0.2, 0.25) is 5.02 Å². The molecule has 0 saturated heterocycles. The van der Waals surface area contributed by atoms with E-state index in [0.29, 0.717) is 10.8 Å². The zero-order valence-electron chi connectivity index (χ0n) is 16.1. The van der Waals surface area contributed by atoms with E-state index < -0.39 is 6.04 Å². The number of rotatable bonds is 8. The summed E-state index contributed by atoms with van der Waals surface area (Å²) in [5.74, 6) is 0.104. The summed E-state index contributed by atoms with van der Waals surface area (Å²) in [4.78, 5) is 26.9. The Hall–Kier alpha value is -2.05. The lowest BCUT2D eigenvalue weighted by molar-refractivity contribution is -0.142. The van der Waals surface area contributed by atoms with Gasteiger partial charge in [0.2, 0.25) is 5.91 Å². The Morgan fingerprint density at radius 1 is 1.07 bits per heavy atom. The smallest absolute Gasteiger partial charge is 0.261 e. The molecule has 5 nitrogen and oxygen atoms in total. The molecule has 0 aromatic heterocycles. The Labute approximate surface area is 179 Å². The SMILES string of the molecule is CC(C)NC(=O)[C@H](C)N(Cc1ccc(Cl)cc1)C(=O)COc1ccc(Br)cc1. The first-order chi connectivity index (χ1) is 13.3. The van der Waals surface area contributed by atoms with Crippen LogP contribution >= 0.6 is 27.5 Å². The van der Waals surface area contributed by atoms with Gasteiger partial charge < -0.3 is 15.0 Å². The van der Waals surface area contributed by atoms with Crippen molar-refractivity contribution in [2.75, 3.05) is 6.61 Å². The van der Waals surface area contributed by atoms with Gasteiger partial charge in [-0.1, -0.05) is 39.7 Å². The quantitative estimate of drug-likeness (QED) is 0.625. The summed E-state index contributed by atoms with van der Waals surface area (Å²) in [6, 6.07) is 13.8. The van der Waals surface area contributed by atoms with Gasteiger partial charge in [-0.15, -0.1) is 0 Å². The predicted octanol–water partition coefficient (Wildman–Crippen LogP) is 4.42. The number of carbonyl (C=O) groups is 2. The molecule has 0 spiro atoms. The van der Waals surface area contributed by atoms with Gasteiger partial charge in [-0.25, -0.2) is 0 Å². The minimum Gasteiger partial charge on any atom is -0.484 e. The van der Waals surface area contributed by atoms with Crippen molar-refractivity contribution in [1.82, 2.24) is 10.2 Å². The molecule has 0 aliphatic rings. The third kappa shape index (κ3) is 6.84.